The lowest BCUT2D eigenvalue weighted by atomic mass is 10.2. The SMILES string of the molecule is Cc1ccccc1Sc1nccs1. The van der Waals surface area contributed by atoms with Gasteiger partial charge in [-0.15, -0.1) is 11.3 Å². The molecule has 0 spiro atoms. The molecule has 0 fully saturated rings. The Bertz CT molecular complexity index is 382. The molecule has 2 rings (SSSR count). The monoisotopic (exact) mass is 207 g/mol. The Kier molecular flexibility index (Phi) is 2.66. The van der Waals surface area contributed by atoms with Crippen LogP contribution in [0.5, 0.6) is 0 Å². The summed E-state index contributed by atoms with van der Waals surface area (Å²) in [7, 11) is 0. The Labute approximate surface area is 85.8 Å². The first-order valence-electron chi connectivity index (χ1n) is 3.99. The second-order valence-corrected chi connectivity index (χ2v) is 4.85. The standard InChI is InChI=1S/C10H9NS2/c1-8-4-2-3-5-9(8)13-10-11-6-7-12-10/h2-7H,1H3. The van der Waals surface area contributed by atoms with Crippen LogP contribution >= 0.6 is 23.1 Å². The average molecular weight is 207 g/mol. The van der Waals surface area contributed by atoms with Crippen molar-refractivity contribution in [2.75, 3.05) is 0 Å². The van der Waals surface area contributed by atoms with E-state index in [1.54, 1.807) is 23.1 Å². The molecule has 0 bridgehead atoms. The van der Waals surface area contributed by atoms with E-state index in [-0.39, 0.29) is 0 Å². The fraction of sp³-hybridized carbons (Fsp3) is 0.100. The minimum Gasteiger partial charge on any atom is -0.238 e. The third-order valence-electron chi connectivity index (χ3n) is 1.70. The van der Waals surface area contributed by atoms with Crippen LogP contribution in [0, 0.1) is 6.92 Å². The van der Waals surface area contributed by atoms with Gasteiger partial charge in [-0.1, -0.05) is 30.0 Å². The Morgan fingerprint density at radius 1 is 1.31 bits per heavy atom. The largest absolute Gasteiger partial charge is 0.238 e. The third kappa shape index (κ3) is 2.11. The summed E-state index contributed by atoms with van der Waals surface area (Å²) in [6.07, 6.45) is 1.84. The molecule has 2 aromatic rings. The molecule has 1 heterocycles. The van der Waals surface area contributed by atoms with Crippen molar-refractivity contribution in [3.8, 4) is 0 Å². The number of rotatable bonds is 2. The molecule has 66 valence electrons. The van der Waals surface area contributed by atoms with Crippen LogP contribution in [-0.4, -0.2) is 4.98 Å². The molecular weight excluding hydrogens is 198 g/mol. The van der Waals surface area contributed by atoms with Crippen LogP contribution in [0.2, 0.25) is 0 Å². The number of benzene rings is 1. The van der Waals surface area contributed by atoms with E-state index >= 15 is 0 Å². The fourth-order valence-corrected chi connectivity index (χ4v) is 2.69. The predicted octanol–water partition coefficient (Wildman–Crippen LogP) is 3.60. The van der Waals surface area contributed by atoms with Gasteiger partial charge in [-0.3, -0.25) is 0 Å². The van der Waals surface area contributed by atoms with Crippen molar-refractivity contribution < 1.29 is 0 Å². The highest BCUT2D eigenvalue weighted by Gasteiger charge is 2.01. The van der Waals surface area contributed by atoms with Gasteiger partial charge in [0, 0.05) is 16.5 Å². The highest BCUT2D eigenvalue weighted by molar-refractivity contribution is 8.01. The molecule has 0 unspecified atom stereocenters. The average Bonchev–Trinajstić information content (AvgIpc) is 2.61. The highest BCUT2D eigenvalue weighted by Crippen LogP contribution is 2.30. The quantitative estimate of drug-likeness (QED) is 0.746. The predicted molar refractivity (Wildman–Crippen MR) is 57.4 cm³/mol. The summed E-state index contributed by atoms with van der Waals surface area (Å²) in [5, 5.41) is 2.00. The lowest BCUT2D eigenvalue weighted by Crippen LogP contribution is -1.77. The molecule has 0 N–H and O–H groups in total. The molecule has 0 aliphatic heterocycles. The van der Waals surface area contributed by atoms with Gasteiger partial charge < -0.3 is 0 Å². The smallest absolute Gasteiger partial charge is 0.154 e. The van der Waals surface area contributed by atoms with E-state index in [9.17, 15) is 0 Å². The number of hydrogen-bond donors (Lipinski definition) is 0. The van der Waals surface area contributed by atoms with E-state index < -0.39 is 0 Å². The van der Waals surface area contributed by atoms with Crippen molar-refractivity contribution in [2.45, 2.75) is 16.2 Å². The summed E-state index contributed by atoms with van der Waals surface area (Å²) in [4.78, 5) is 5.52. The first-order chi connectivity index (χ1) is 6.36. The van der Waals surface area contributed by atoms with E-state index in [1.807, 2.05) is 11.6 Å². The number of nitrogens with zero attached hydrogens (tertiary/aromatic N) is 1. The van der Waals surface area contributed by atoms with Gasteiger partial charge in [0.05, 0.1) is 0 Å². The zero-order chi connectivity index (χ0) is 9.10. The van der Waals surface area contributed by atoms with Crippen LogP contribution in [0.4, 0.5) is 0 Å². The number of aromatic nitrogens is 1. The molecule has 0 saturated carbocycles. The van der Waals surface area contributed by atoms with Gasteiger partial charge >= 0.3 is 0 Å². The van der Waals surface area contributed by atoms with Crippen LogP contribution in [0.3, 0.4) is 0 Å². The normalized spacial score (nSPS) is 10.2. The Balaban J connectivity index is 2.24. The lowest BCUT2D eigenvalue weighted by molar-refractivity contribution is 1.23. The van der Waals surface area contributed by atoms with Crippen LogP contribution < -0.4 is 0 Å². The summed E-state index contributed by atoms with van der Waals surface area (Å²) < 4.78 is 1.11. The molecular formula is C10H9NS2. The Hall–Kier alpha value is -0.800. The molecule has 0 saturated heterocycles. The second-order valence-electron chi connectivity index (χ2n) is 2.67. The molecule has 3 heteroatoms. The Morgan fingerprint density at radius 2 is 2.15 bits per heavy atom. The summed E-state index contributed by atoms with van der Waals surface area (Å²) in [6, 6.07) is 8.36. The number of thiazole rings is 1. The van der Waals surface area contributed by atoms with Crippen LogP contribution in [0.1, 0.15) is 5.56 Å². The molecule has 1 aromatic heterocycles. The maximum Gasteiger partial charge on any atom is 0.154 e. The summed E-state index contributed by atoms with van der Waals surface area (Å²) in [6.45, 7) is 2.12. The van der Waals surface area contributed by atoms with E-state index in [0.717, 1.165) is 4.34 Å². The van der Waals surface area contributed by atoms with Crippen molar-refractivity contribution in [3.05, 3.63) is 41.4 Å². The fourth-order valence-electron chi connectivity index (χ4n) is 1.03. The van der Waals surface area contributed by atoms with Gasteiger partial charge in [-0.25, -0.2) is 4.98 Å². The van der Waals surface area contributed by atoms with Crippen molar-refractivity contribution in [1.82, 2.24) is 4.98 Å². The Morgan fingerprint density at radius 3 is 2.85 bits per heavy atom. The van der Waals surface area contributed by atoms with Crippen molar-refractivity contribution >= 4 is 23.1 Å². The van der Waals surface area contributed by atoms with E-state index in [2.05, 4.69) is 36.2 Å². The zero-order valence-corrected chi connectivity index (χ0v) is 8.86. The molecule has 0 aliphatic carbocycles. The van der Waals surface area contributed by atoms with Gasteiger partial charge in [-0.2, -0.15) is 0 Å². The van der Waals surface area contributed by atoms with Gasteiger partial charge in [0.15, 0.2) is 4.34 Å². The van der Waals surface area contributed by atoms with Gasteiger partial charge in [0.1, 0.15) is 0 Å². The van der Waals surface area contributed by atoms with Gasteiger partial charge in [0.2, 0.25) is 0 Å². The number of aryl methyl sites for hydroxylation is 1. The first-order valence-corrected chi connectivity index (χ1v) is 5.69. The third-order valence-corrected chi connectivity index (χ3v) is 3.76. The summed E-state index contributed by atoms with van der Waals surface area (Å²) in [5.41, 5.74) is 1.31. The van der Waals surface area contributed by atoms with Crippen LogP contribution in [-0.2, 0) is 0 Å². The molecule has 0 aliphatic rings. The molecule has 1 nitrogen and oxygen atoms in total. The molecule has 13 heavy (non-hydrogen) atoms. The maximum absolute atomic E-state index is 4.23. The minimum absolute atomic E-state index is 1.11. The van der Waals surface area contributed by atoms with Crippen molar-refractivity contribution in [3.63, 3.8) is 0 Å². The zero-order valence-electron chi connectivity index (χ0n) is 7.23. The van der Waals surface area contributed by atoms with Crippen LogP contribution in [0.15, 0.2) is 45.1 Å². The first kappa shape index (κ1) is 8.78. The van der Waals surface area contributed by atoms with Crippen LogP contribution in [0.25, 0.3) is 0 Å². The molecule has 1 aromatic carbocycles. The number of hydrogen-bond acceptors (Lipinski definition) is 3. The van der Waals surface area contributed by atoms with Gasteiger partial charge in [0.25, 0.3) is 0 Å². The summed E-state index contributed by atoms with van der Waals surface area (Å²) >= 11 is 3.41. The van der Waals surface area contributed by atoms with Gasteiger partial charge in [-0.05, 0) is 18.6 Å². The van der Waals surface area contributed by atoms with E-state index in [4.69, 9.17) is 0 Å². The minimum atomic E-state index is 1.11. The van der Waals surface area contributed by atoms with Crippen molar-refractivity contribution in [2.24, 2.45) is 0 Å². The van der Waals surface area contributed by atoms with E-state index in [1.165, 1.54) is 10.5 Å². The highest BCUT2D eigenvalue weighted by atomic mass is 32.2. The van der Waals surface area contributed by atoms with E-state index in [0.29, 0.717) is 0 Å². The molecule has 0 radical (unpaired) electrons. The maximum atomic E-state index is 4.23. The molecule has 0 amide bonds. The lowest BCUT2D eigenvalue weighted by Gasteiger charge is -2.00. The topological polar surface area (TPSA) is 12.9 Å². The molecule has 0 atom stereocenters. The second kappa shape index (κ2) is 3.94. The summed E-state index contributed by atoms with van der Waals surface area (Å²) in [5.74, 6) is 0. The van der Waals surface area contributed by atoms with Crippen molar-refractivity contribution in [1.29, 1.82) is 0 Å².